The molecule has 1 aromatic rings. The van der Waals surface area contributed by atoms with Crippen molar-refractivity contribution < 1.29 is 4.79 Å². The molecule has 1 aliphatic rings. The van der Waals surface area contributed by atoms with Crippen LogP contribution in [0, 0.1) is 20.8 Å². The zero-order valence-electron chi connectivity index (χ0n) is 12.7. The summed E-state index contributed by atoms with van der Waals surface area (Å²) in [5.41, 5.74) is 4.36. The van der Waals surface area contributed by atoms with Crippen LogP contribution in [0.25, 0.3) is 0 Å². The first-order valence-corrected chi connectivity index (χ1v) is 8.61. The average Bonchev–Trinajstić information content (AvgIpc) is 2.38. The molecule has 0 aliphatic carbocycles. The van der Waals surface area contributed by atoms with Gasteiger partial charge in [-0.25, -0.2) is 0 Å². The predicted octanol–water partition coefficient (Wildman–Crippen LogP) is 4.39. The van der Waals surface area contributed by atoms with Crippen LogP contribution in [0.5, 0.6) is 0 Å². The maximum atomic E-state index is 12.9. The van der Waals surface area contributed by atoms with E-state index in [1.54, 1.807) is 0 Å². The number of piperidine rings is 1. The second-order valence-electron chi connectivity index (χ2n) is 5.90. The fourth-order valence-electron chi connectivity index (χ4n) is 3.35. The summed E-state index contributed by atoms with van der Waals surface area (Å²) >= 11 is 3.52. The molecule has 0 spiro atoms. The van der Waals surface area contributed by atoms with Crippen molar-refractivity contribution >= 4 is 21.8 Å². The third-order valence-electron chi connectivity index (χ3n) is 4.22. The Balaban J connectivity index is 2.30. The van der Waals surface area contributed by atoms with E-state index in [1.165, 1.54) is 12.0 Å². The highest BCUT2D eigenvalue weighted by molar-refractivity contribution is 9.09. The number of aryl methyl sites for hydroxylation is 3. The lowest BCUT2D eigenvalue weighted by atomic mass is 9.95. The number of hydrogen-bond acceptors (Lipinski definition) is 1. The van der Waals surface area contributed by atoms with E-state index in [4.69, 9.17) is 0 Å². The molecule has 1 unspecified atom stereocenters. The van der Waals surface area contributed by atoms with Gasteiger partial charge >= 0.3 is 0 Å². The number of carbonyl (C=O) groups is 1. The summed E-state index contributed by atoms with van der Waals surface area (Å²) in [6.07, 6.45) is 4.57. The SMILES string of the molecule is Cc1cc(C)c(C(=O)N2CCCCC2CCBr)c(C)c1. The molecule has 110 valence electrons. The number of benzene rings is 1. The minimum atomic E-state index is 0.227. The van der Waals surface area contributed by atoms with E-state index in [2.05, 4.69) is 53.7 Å². The van der Waals surface area contributed by atoms with E-state index in [0.29, 0.717) is 6.04 Å². The van der Waals surface area contributed by atoms with Gasteiger partial charge in [0.15, 0.2) is 0 Å². The van der Waals surface area contributed by atoms with Gasteiger partial charge in [-0.15, -0.1) is 0 Å². The molecule has 1 aliphatic heterocycles. The number of carbonyl (C=O) groups excluding carboxylic acids is 1. The molecule has 3 heteroatoms. The molecule has 2 rings (SSSR count). The van der Waals surface area contributed by atoms with Gasteiger partial charge in [0.25, 0.3) is 5.91 Å². The minimum absolute atomic E-state index is 0.227. The van der Waals surface area contributed by atoms with Crippen molar-refractivity contribution in [3.63, 3.8) is 0 Å². The van der Waals surface area contributed by atoms with Gasteiger partial charge in [0.2, 0.25) is 0 Å². The lowest BCUT2D eigenvalue weighted by Crippen LogP contribution is -2.44. The first kappa shape index (κ1) is 15.6. The Morgan fingerprint density at radius 2 is 1.90 bits per heavy atom. The molecule has 1 fully saturated rings. The zero-order chi connectivity index (χ0) is 14.7. The lowest BCUT2D eigenvalue weighted by molar-refractivity contribution is 0.0608. The van der Waals surface area contributed by atoms with E-state index in [1.807, 2.05) is 0 Å². The summed E-state index contributed by atoms with van der Waals surface area (Å²) in [5, 5.41) is 0.966. The summed E-state index contributed by atoms with van der Waals surface area (Å²) in [4.78, 5) is 15.1. The molecule has 0 bridgehead atoms. The number of likely N-dealkylation sites (tertiary alicyclic amines) is 1. The van der Waals surface area contributed by atoms with Crippen LogP contribution in [0.3, 0.4) is 0 Å². The van der Waals surface area contributed by atoms with Gasteiger partial charge in [-0.1, -0.05) is 33.6 Å². The number of alkyl halides is 1. The first-order valence-electron chi connectivity index (χ1n) is 7.49. The van der Waals surface area contributed by atoms with Crippen molar-refractivity contribution in [2.45, 2.75) is 52.5 Å². The molecule has 1 amide bonds. The molecule has 2 nitrogen and oxygen atoms in total. The number of rotatable bonds is 3. The monoisotopic (exact) mass is 337 g/mol. The summed E-state index contributed by atoms with van der Waals surface area (Å²) in [6.45, 7) is 7.10. The normalized spacial score (nSPS) is 19.2. The molecule has 0 aromatic heterocycles. The second kappa shape index (κ2) is 6.75. The standard InChI is InChI=1S/C17H24BrNO/c1-12-10-13(2)16(14(3)11-12)17(20)19-9-5-4-6-15(19)7-8-18/h10-11,15H,4-9H2,1-3H3. The lowest BCUT2D eigenvalue weighted by Gasteiger charge is -2.36. The maximum Gasteiger partial charge on any atom is 0.254 e. The van der Waals surface area contributed by atoms with Crippen LogP contribution in [-0.2, 0) is 0 Å². The number of nitrogens with zero attached hydrogens (tertiary/aromatic N) is 1. The topological polar surface area (TPSA) is 20.3 Å². The van der Waals surface area contributed by atoms with E-state index in [9.17, 15) is 4.79 Å². The fraction of sp³-hybridized carbons (Fsp3) is 0.588. The molecule has 0 N–H and O–H groups in total. The first-order chi connectivity index (χ1) is 9.54. The highest BCUT2D eigenvalue weighted by Gasteiger charge is 2.28. The Morgan fingerprint density at radius 1 is 1.25 bits per heavy atom. The average molecular weight is 338 g/mol. The molecule has 0 saturated carbocycles. The predicted molar refractivity (Wildman–Crippen MR) is 87.7 cm³/mol. The quantitative estimate of drug-likeness (QED) is 0.749. The Morgan fingerprint density at radius 3 is 2.50 bits per heavy atom. The van der Waals surface area contributed by atoms with Gasteiger partial charge in [-0.2, -0.15) is 0 Å². The van der Waals surface area contributed by atoms with Crippen LogP contribution in [0.1, 0.15) is 52.7 Å². The summed E-state index contributed by atoms with van der Waals surface area (Å²) in [5.74, 6) is 0.227. The van der Waals surface area contributed by atoms with Crippen LogP contribution >= 0.6 is 15.9 Å². The van der Waals surface area contributed by atoms with Gasteiger partial charge in [-0.05, 0) is 57.6 Å². The molecule has 1 saturated heterocycles. The second-order valence-corrected chi connectivity index (χ2v) is 6.69. The van der Waals surface area contributed by atoms with Gasteiger partial charge < -0.3 is 4.90 Å². The molecule has 1 atom stereocenters. The highest BCUT2D eigenvalue weighted by atomic mass is 79.9. The van der Waals surface area contributed by atoms with E-state index in [-0.39, 0.29) is 5.91 Å². The van der Waals surface area contributed by atoms with Crippen LogP contribution in [0.4, 0.5) is 0 Å². The van der Waals surface area contributed by atoms with Crippen LogP contribution < -0.4 is 0 Å². The van der Waals surface area contributed by atoms with Crippen molar-refractivity contribution in [1.29, 1.82) is 0 Å². The number of hydrogen-bond donors (Lipinski definition) is 0. The summed E-state index contributed by atoms with van der Waals surface area (Å²) in [6, 6.07) is 4.63. The highest BCUT2D eigenvalue weighted by Crippen LogP contribution is 2.25. The smallest absolute Gasteiger partial charge is 0.254 e. The van der Waals surface area contributed by atoms with Crippen molar-refractivity contribution in [1.82, 2.24) is 4.90 Å². The molecule has 20 heavy (non-hydrogen) atoms. The van der Waals surface area contributed by atoms with E-state index < -0.39 is 0 Å². The van der Waals surface area contributed by atoms with Gasteiger partial charge in [0.05, 0.1) is 0 Å². The molecular formula is C17H24BrNO. The van der Waals surface area contributed by atoms with E-state index >= 15 is 0 Å². The maximum absolute atomic E-state index is 12.9. The summed E-state index contributed by atoms with van der Waals surface area (Å²) in [7, 11) is 0. The van der Waals surface area contributed by atoms with Crippen molar-refractivity contribution in [2.24, 2.45) is 0 Å². The molecule has 1 heterocycles. The van der Waals surface area contributed by atoms with Crippen LogP contribution in [-0.4, -0.2) is 28.7 Å². The third kappa shape index (κ3) is 3.25. The third-order valence-corrected chi connectivity index (χ3v) is 4.68. The fourth-order valence-corrected chi connectivity index (χ4v) is 3.88. The summed E-state index contributed by atoms with van der Waals surface area (Å²) < 4.78 is 0. The largest absolute Gasteiger partial charge is 0.336 e. The van der Waals surface area contributed by atoms with Crippen LogP contribution in [0.2, 0.25) is 0 Å². The van der Waals surface area contributed by atoms with Crippen molar-refractivity contribution in [3.05, 3.63) is 34.4 Å². The molecular weight excluding hydrogens is 314 g/mol. The van der Waals surface area contributed by atoms with Crippen LogP contribution in [0.15, 0.2) is 12.1 Å². The number of amides is 1. The Hall–Kier alpha value is -0.830. The Labute approximate surface area is 130 Å². The van der Waals surface area contributed by atoms with Crippen molar-refractivity contribution in [2.75, 3.05) is 11.9 Å². The van der Waals surface area contributed by atoms with Gasteiger partial charge in [-0.3, -0.25) is 4.79 Å². The van der Waals surface area contributed by atoms with Crippen molar-refractivity contribution in [3.8, 4) is 0 Å². The van der Waals surface area contributed by atoms with E-state index in [0.717, 1.165) is 47.8 Å². The Bertz CT molecular complexity index is 473. The van der Waals surface area contributed by atoms with Gasteiger partial charge in [0.1, 0.15) is 0 Å². The molecule has 0 radical (unpaired) electrons. The Kier molecular flexibility index (Phi) is 5.25. The number of halogens is 1. The molecule has 1 aromatic carbocycles. The zero-order valence-corrected chi connectivity index (χ0v) is 14.3. The van der Waals surface area contributed by atoms with Gasteiger partial charge in [0, 0.05) is 23.5 Å². The minimum Gasteiger partial charge on any atom is -0.336 e.